The van der Waals surface area contributed by atoms with Crippen molar-refractivity contribution in [1.29, 1.82) is 0 Å². The molecule has 1 aliphatic heterocycles. The van der Waals surface area contributed by atoms with Crippen molar-refractivity contribution in [2.75, 3.05) is 34.4 Å². The van der Waals surface area contributed by atoms with Crippen LogP contribution in [0.25, 0.3) is 5.76 Å². The van der Waals surface area contributed by atoms with Crippen LogP contribution in [0, 0.1) is 0 Å². The molecular weight excluding hydrogens is 512 g/mol. The highest BCUT2D eigenvalue weighted by Crippen LogP contribution is 2.40. The predicted octanol–water partition coefficient (Wildman–Crippen LogP) is 3.16. The molecule has 1 atom stereocenters. The van der Waals surface area contributed by atoms with Gasteiger partial charge in [-0.3, -0.25) is 9.59 Å². The summed E-state index contributed by atoms with van der Waals surface area (Å²) in [6.45, 7) is 0.683. The van der Waals surface area contributed by atoms with Crippen LogP contribution in [-0.2, 0) is 24.3 Å². The van der Waals surface area contributed by atoms with Crippen LogP contribution in [0.2, 0.25) is 0 Å². The minimum Gasteiger partial charge on any atom is -0.507 e. The van der Waals surface area contributed by atoms with E-state index in [0.29, 0.717) is 18.6 Å². The molecule has 1 N–H and O–H groups in total. The van der Waals surface area contributed by atoms with E-state index in [1.807, 2.05) is 6.07 Å². The maximum absolute atomic E-state index is 13.0. The number of amides is 1. The van der Waals surface area contributed by atoms with E-state index in [1.165, 1.54) is 43.3 Å². The van der Waals surface area contributed by atoms with Crippen LogP contribution in [0.3, 0.4) is 0 Å². The highest BCUT2D eigenvalue weighted by Gasteiger charge is 2.45. The second-order valence-electron chi connectivity index (χ2n) is 7.71. The Morgan fingerprint density at radius 3 is 2.39 bits per heavy atom. The molecule has 0 aromatic heterocycles. The van der Waals surface area contributed by atoms with E-state index in [4.69, 9.17) is 4.74 Å². The fourth-order valence-corrected chi connectivity index (χ4v) is 4.98. The van der Waals surface area contributed by atoms with E-state index in [0.717, 1.165) is 8.78 Å². The summed E-state index contributed by atoms with van der Waals surface area (Å²) in [5, 5.41) is 11.1. The number of methoxy groups -OCH3 is 1. The Balaban J connectivity index is 2.10. The first-order chi connectivity index (χ1) is 15.6. The third kappa shape index (κ3) is 5.03. The number of Topliss-reactive ketones (excluding diaryl/α,β-unsaturated/α-hetero) is 1. The molecule has 8 nitrogen and oxygen atoms in total. The molecule has 0 bridgehead atoms. The summed E-state index contributed by atoms with van der Waals surface area (Å²) in [6, 6.07) is 11.9. The standard InChI is InChI=1S/C23H25BrN2O6S/c1-25(2)33(30,31)18-10-8-15(9-11-18)21(27)19-20(16-6-4-7-17(24)14-16)26(12-5-13-32-3)23(29)22(19)28/h4,6-11,14,20,27H,5,12-13H2,1-3H3/b21-19+. The van der Waals surface area contributed by atoms with Gasteiger partial charge in [0.15, 0.2) is 0 Å². The minimum atomic E-state index is -3.65. The maximum atomic E-state index is 13.0. The number of aliphatic hydroxyl groups is 1. The zero-order valence-corrected chi connectivity index (χ0v) is 20.9. The Labute approximate surface area is 201 Å². The molecule has 2 aromatic rings. The summed E-state index contributed by atoms with van der Waals surface area (Å²) in [5.41, 5.74) is 0.857. The second kappa shape index (κ2) is 10.2. The van der Waals surface area contributed by atoms with E-state index in [1.54, 1.807) is 25.3 Å². The van der Waals surface area contributed by atoms with Crippen LogP contribution in [-0.4, -0.2) is 68.8 Å². The number of hydrogen-bond donors (Lipinski definition) is 1. The van der Waals surface area contributed by atoms with Crippen LogP contribution >= 0.6 is 15.9 Å². The molecule has 33 heavy (non-hydrogen) atoms. The lowest BCUT2D eigenvalue weighted by atomic mass is 9.95. The van der Waals surface area contributed by atoms with E-state index in [2.05, 4.69) is 15.9 Å². The number of aliphatic hydroxyl groups excluding tert-OH is 1. The molecule has 1 heterocycles. The Morgan fingerprint density at radius 1 is 1.15 bits per heavy atom. The molecule has 3 rings (SSSR count). The summed E-state index contributed by atoms with van der Waals surface area (Å²) in [6.07, 6.45) is 0.519. The quantitative estimate of drug-likeness (QED) is 0.240. The zero-order chi connectivity index (χ0) is 24.3. The zero-order valence-electron chi connectivity index (χ0n) is 18.5. The number of carbonyl (C=O) groups excluding carboxylic acids is 2. The molecule has 1 unspecified atom stereocenters. The number of ether oxygens (including phenoxy) is 1. The average Bonchev–Trinajstić information content (AvgIpc) is 3.03. The smallest absolute Gasteiger partial charge is 0.295 e. The molecule has 1 saturated heterocycles. The van der Waals surface area contributed by atoms with Crippen LogP contribution < -0.4 is 0 Å². The number of ketones is 1. The van der Waals surface area contributed by atoms with Gasteiger partial charge in [-0.15, -0.1) is 0 Å². The van der Waals surface area contributed by atoms with Gasteiger partial charge in [0.1, 0.15) is 5.76 Å². The monoisotopic (exact) mass is 536 g/mol. The highest BCUT2D eigenvalue weighted by atomic mass is 79.9. The van der Waals surface area contributed by atoms with Gasteiger partial charge in [0, 0.05) is 44.4 Å². The number of halogens is 1. The first-order valence-corrected chi connectivity index (χ1v) is 12.4. The third-order valence-electron chi connectivity index (χ3n) is 5.36. The van der Waals surface area contributed by atoms with Crippen LogP contribution in [0.1, 0.15) is 23.6 Å². The molecule has 0 radical (unpaired) electrons. The summed E-state index contributed by atoms with van der Waals surface area (Å²) in [7, 11) is 0.753. The summed E-state index contributed by atoms with van der Waals surface area (Å²) < 4.78 is 31.6. The molecule has 176 valence electrons. The van der Waals surface area contributed by atoms with Gasteiger partial charge in [-0.05, 0) is 48.4 Å². The van der Waals surface area contributed by atoms with Crippen molar-refractivity contribution in [1.82, 2.24) is 9.21 Å². The van der Waals surface area contributed by atoms with Crippen molar-refractivity contribution in [3.8, 4) is 0 Å². The van der Waals surface area contributed by atoms with Gasteiger partial charge in [0.25, 0.3) is 11.7 Å². The summed E-state index contributed by atoms with van der Waals surface area (Å²) >= 11 is 3.42. The predicted molar refractivity (Wildman–Crippen MR) is 127 cm³/mol. The van der Waals surface area contributed by atoms with Crippen LogP contribution in [0.4, 0.5) is 0 Å². The molecule has 2 aromatic carbocycles. The Bertz CT molecular complexity index is 1190. The number of hydrogen-bond acceptors (Lipinski definition) is 6. The Morgan fingerprint density at radius 2 is 1.82 bits per heavy atom. The van der Waals surface area contributed by atoms with Crippen molar-refractivity contribution in [3.05, 3.63) is 69.7 Å². The lowest BCUT2D eigenvalue weighted by Gasteiger charge is -2.25. The average molecular weight is 537 g/mol. The van der Waals surface area contributed by atoms with Crippen molar-refractivity contribution in [3.63, 3.8) is 0 Å². The second-order valence-corrected chi connectivity index (χ2v) is 10.8. The molecule has 0 aliphatic carbocycles. The lowest BCUT2D eigenvalue weighted by Crippen LogP contribution is -2.31. The first kappa shape index (κ1) is 25.1. The Hall–Kier alpha value is -2.53. The van der Waals surface area contributed by atoms with Crippen LogP contribution in [0.5, 0.6) is 0 Å². The van der Waals surface area contributed by atoms with E-state index in [9.17, 15) is 23.1 Å². The van der Waals surface area contributed by atoms with Gasteiger partial charge in [0.2, 0.25) is 10.0 Å². The number of nitrogens with zero attached hydrogens (tertiary/aromatic N) is 2. The molecule has 0 spiro atoms. The number of benzene rings is 2. The van der Waals surface area contributed by atoms with Gasteiger partial charge < -0.3 is 14.7 Å². The van der Waals surface area contributed by atoms with Crippen LogP contribution in [0.15, 0.2) is 63.5 Å². The van der Waals surface area contributed by atoms with E-state index < -0.39 is 27.8 Å². The van der Waals surface area contributed by atoms with Gasteiger partial charge in [-0.1, -0.05) is 28.1 Å². The van der Waals surface area contributed by atoms with Crippen molar-refractivity contribution >= 4 is 43.4 Å². The summed E-state index contributed by atoms with van der Waals surface area (Å²) in [4.78, 5) is 27.3. The maximum Gasteiger partial charge on any atom is 0.295 e. The van der Waals surface area contributed by atoms with Gasteiger partial charge in [0.05, 0.1) is 16.5 Å². The minimum absolute atomic E-state index is 0.0428. The highest BCUT2D eigenvalue weighted by molar-refractivity contribution is 9.10. The normalized spacial score (nSPS) is 18.3. The topological polar surface area (TPSA) is 104 Å². The molecule has 1 amide bonds. The number of likely N-dealkylation sites (tertiary alicyclic amines) is 1. The number of carbonyl (C=O) groups is 2. The molecule has 0 saturated carbocycles. The largest absolute Gasteiger partial charge is 0.507 e. The summed E-state index contributed by atoms with van der Waals surface area (Å²) in [5.74, 6) is -1.86. The van der Waals surface area contributed by atoms with Crippen molar-refractivity contribution in [2.45, 2.75) is 17.4 Å². The van der Waals surface area contributed by atoms with Gasteiger partial charge >= 0.3 is 0 Å². The number of sulfonamides is 1. The molecule has 1 fully saturated rings. The third-order valence-corrected chi connectivity index (χ3v) is 7.68. The van der Waals surface area contributed by atoms with E-state index in [-0.39, 0.29) is 28.3 Å². The molecule has 1 aliphatic rings. The molecule has 10 heteroatoms. The van der Waals surface area contributed by atoms with Crippen molar-refractivity contribution < 1.29 is 27.9 Å². The lowest BCUT2D eigenvalue weighted by molar-refractivity contribution is -0.140. The molecular formula is C23H25BrN2O6S. The first-order valence-electron chi connectivity index (χ1n) is 10.2. The Kier molecular flexibility index (Phi) is 7.73. The van der Waals surface area contributed by atoms with Gasteiger partial charge in [-0.25, -0.2) is 12.7 Å². The fraction of sp³-hybridized carbons (Fsp3) is 0.304. The van der Waals surface area contributed by atoms with E-state index >= 15 is 0 Å². The SMILES string of the molecule is COCCCN1C(=O)C(=O)/C(=C(/O)c2ccc(S(=O)(=O)N(C)C)cc2)C1c1cccc(Br)c1. The fourth-order valence-electron chi connectivity index (χ4n) is 3.66. The number of rotatable bonds is 8. The van der Waals surface area contributed by atoms with Gasteiger partial charge in [-0.2, -0.15) is 0 Å². The van der Waals surface area contributed by atoms with Crippen molar-refractivity contribution in [2.24, 2.45) is 0 Å².